The molecule has 134 valence electrons. The molecule has 9 heteroatoms. The number of hydrogen-bond donors (Lipinski definition) is 2. The lowest BCUT2D eigenvalue weighted by atomic mass is 10.1. The van der Waals surface area contributed by atoms with Gasteiger partial charge in [0.1, 0.15) is 11.6 Å². The Morgan fingerprint density at radius 2 is 1.81 bits per heavy atom. The molecule has 0 fully saturated rings. The smallest absolute Gasteiger partial charge is 0.406 e. The van der Waals surface area contributed by atoms with Gasteiger partial charge < -0.3 is 10.1 Å². The average molecular weight is 365 g/mol. The molecule has 0 spiro atoms. The van der Waals surface area contributed by atoms with Gasteiger partial charge >= 0.3 is 6.36 Å². The molecule has 1 amide bonds. The highest BCUT2D eigenvalue weighted by molar-refractivity contribution is 6.04. The molecule has 0 aliphatic heterocycles. The van der Waals surface area contributed by atoms with Gasteiger partial charge in [-0.3, -0.25) is 9.89 Å². The second-order valence-electron chi connectivity index (χ2n) is 5.18. The predicted molar refractivity (Wildman–Crippen MR) is 85.1 cm³/mol. The van der Waals surface area contributed by atoms with E-state index in [0.717, 1.165) is 18.2 Å². The normalized spacial score (nSPS) is 11.2. The molecule has 26 heavy (non-hydrogen) atoms. The van der Waals surface area contributed by atoms with Crippen LogP contribution in [0.5, 0.6) is 5.75 Å². The minimum atomic E-state index is -4.79. The van der Waals surface area contributed by atoms with E-state index in [0.29, 0.717) is 5.69 Å². The second kappa shape index (κ2) is 6.87. The van der Waals surface area contributed by atoms with Gasteiger partial charge in [0.25, 0.3) is 5.91 Å². The van der Waals surface area contributed by atoms with Crippen LogP contribution in [0.1, 0.15) is 10.4 Å². The van der Waals surface area contributed by atoms with Gasteiger partial charge in [0.05, 0.1) is 5.69 Å². The van der Waals surface area contributed by atoms with Gasteiger partial charge in [0.2, 0.25) is 0 Å². The first kappa shape index (κ1) is 17.5. The molecule has 3 rings (SSSR count). The summed E-state index contributed by atoms with van der Waals surface area (Å²) in [7, 11) is 0. The van der Waals surface area contributed by atoms with Crippen LogP contribution < -0.4 is 10.1 Å². The molecular weight excluding hydrogens is 354 g/mol. The Balaban J connectivity index is 1.75. The predicted octanol–water partition coefficient (Wildman–Crippen LogP) is 4.37. The Hall–Kier alpha value is -3.36. The Kier molecular flexibility index (Phi) is 4.61. The van der Waals surface area contributed by atoms with E-state index < -0.39 is 23.8 Å². The molecule has 2 aromatic carbocycles. The maximum absolute atomic E-state index is 13.9. The highest BCUT2D eigenvalue weighted by atomic mass is 19.4. The van der Waals surface area contributed by atoms with Crippen molar-refractivity contribution < 1.29 is 27.1 Å². The maximum Gasteiger partial charge on any atom is 0.573 e. The lowest BCUT2D eigenvalue weighted by molar-refractivity contribution is -0.274. The topological polar surface area (TPSA) is 67.0 Å². The summed E-state index contributed by atoms with van der Waals surface area (Å²) < 4.78 is 54.1. The fourth-order valence-electron chi connectivity index (χ4n) is 2.22. The number of aromatic amines is 1. The fourth-order valence-corrected chi connectivity index (χ4v) is 2.22. The number of hydrogen-bond acceptors (Lipinski definition) is 3. The number of carbonyl (C=O) groups is 1. The van der Waals surface area contributed by atoms with Crippen molar-refractivity contribution in [1.82, 2.24) is 10.2 Å². The first-order valence-electron chi connectivity index (χ1n) is 7.29. The third kappa shape index (κ3) is 4.18. The monoisotopic (exact) mass is 365 g/mol. The number of nitrogens with zero attached hydrogens (tertiary/aromatic N) is 1. The number of alkyl halides is 3. The third-order valence-corrected chi connectivity index (χ3v) is 3.35. The van der Waals surface area contributed by atoms with Gasteiger partial charge in [-0.05, 0) is 48.5 Å². The Labute approximate surface area is 144 Å². The zero-order valence-corrected chi connectivity index (χ0v) is 13.0. The van der Waals surface area contributed by atoms with Gasteiger partial charge in [-0.25, -0.2) is 4.39 Å². The van der Waals surface area contributed by atoms with Crippen molar-refractivity contribution in [1.29, 1.82) is 0 Å². The van der Waals surface area contributed by atoms with Crippen molar-refractivity contribution in [2.24, 2.45) is 0 Å². The van der Waals surface area contributed by atoms with Crippen LogP contribution in [-0.4, -0.2) is 22.5 Å². The molecular formula is C17H11F4N3O2. The summed E-state index contributed by atoms with van der Waals surface area (Å²) in [6, 6.07) is 9.99. The van der Waals surface area contributed by atoms with E-state index in [1.54, 1.807) is 6.07 Å². The molecule has 3 aromatic rings. The summed E-state index contributed by atoms with van der Waals surface area (Å²) in [4.78, 5) is 12.3. The Morgan fingerprint density at radius 1 is 1.08 bits per heavy atom. The Morgan fingerprint density at radius 3 is 2.42 bits per heavy atom. The van der Waals surface area contributed by atoms with Crippen LogP contribution >= 0.6 is 0 Å². The third-order valence-electron chi connectivity index (χ3n) is 3.35. The van der Waals surface area contributed by atoms with Crippen LogP contribution in [0.15, 0.2) is 54.7 Å². The number of nitrogens with one attached hydrogen (secondary N) is 2. The van der Waals surface area contributed by atoms with Gasteiger partial charge in [0.15, 0.2) is 0 Å². The van der Waals surface area contributed by atoms with Crippen molar-refractivity contribution in [3.63, 3.8) is 0 Å². The molecule has 1 aromatic heterocycles. The molecule has 0 saturated carbocycles. The van der Waals surface area contributed by atoms with Crippen molar-refractivity contribution in [3.05, 3.63) is 66.1 Å². The summed E-state index contributed by atoms with van der Waals surface area (Å²) in [5.41, 5.74) is 0.911. The molecule has 0 bridgehead atoms. The molecule has 0 saturated heterocycles. The van der Waals surface area contributed by atoms with E-state index >= 15 is 0 Å². The summed E-state index contributed by atoms with van der Waals surface area (Å²) in [6.07, 6.45) is -3.27. The molecule has 2 N–H and O–H groups in total. The van der Waals surface area contributed by atoms with E-state index in [2.05, 4.69) is 20.3 Å². The highest BCUT2D eigenvalue weighted by Gasteiger charge is 2.30. The maximum atomic E-state index is 13.9. The number of aromatic nitrogens is 2. The second-order valence-corrected chi connectivity index (χ2v) is 5.18. The van der Waals surface area contributed by atoms with Crippen LogP contribution in [0.25, 0.3) is 11.3 Å². The molecule has 0 atom stereocenters. The number of anilines is 1. The minimum Gasteiger partial charge on any atom is -0.406 e. The quantitative estimate of drug-likeness (QED) is 0.675. The summed E-state index contributed by atoms with van der Waals surface area (Å²) in [6.45, 7) is 0. The number of ether oxygens (including phenoxy) is 1. The fraction of sp³-hybridized carbons (Fsp3) is 0.0588. The first-order chi connectivity index (χ1) is 12.3. The number of rotatable bonds is 4. The largest absolute Gasteiger partial charge is 0.573 e. The lowest BCUT2D eigenvalue weighted by Gasteiger charge is -2.10. The summed E-state index contributed by atoms with van der Waals surface area (Å²) in [5.74, 6) is -1.49. The van der Waals surface area contributed by atoms with Crippen molar-refractivity contribution >= 4 is 11.6 Å². The number of carbonyl (C=O) groups excluding carboxylic acids is 1. The van der Waals surface area contributed by atoms with Crippen LogP contribution in [0.2, 0.25) is 0 Å². The average Bonchev–Trinajstić information content (AvgIpc) is 3.10. The van der Waals surface area contributed by atoms with Gasteiger partial charge in [-0.1, -0.05) is 0 Å². The van der Waals surface area contributed by atoms with Crippen LogP contribution in [0.3, 0.4) is 0 Å². The van der Waals surface area contributed by atoms with E-state index in [1.165, 1.54) is 30.5 Å². The molecule has 0 aliphatic rings. The zero-order chi connectivity index (χ0) is 18.7. The van der Waals surface area contributed by atoms with Crippen LogP contribution in [0, 0.1) is 5.82 Å². The van der Waals surface area contributed by atoms with E-state index in [9.17, 15) is 22.4 Å². The molecule has 1 heterocycles. The van der Waals surface area contributed by atoms with Gasteiger partial charge in [-0.15, -0.1) is 13.2 Å². The van der Waals surface area contributed by atoms with E-state index in [1.807, 2.05) is 0 Å². The molecule has 0 aliphatic carbocycles. The molecule has 5 nitrogen and oxygen atoms in total. The van der Waals surface area contributed by atoms with E-state index in [-0.39, 0.29) is 16.8 Å². The van der Waals surface area contributed by atoms with Crippen molar-refractivity contribution in [3.8, 4) is 17.0 Å². The zero-order valence-electron chi connectivity index (χ0n) is 13.0. The summed E-state index contributed by atoms with van der Waals surface area (Å²) >= 11 is 0. The van der Waals surface area contributed by atoms with E-state index in [4.69, 9.17) is 0 Å². The number of benzene rings is 2. The first-order valence-corrected chi connectivity index (χ1v) is 7.29. The number of amides is 1. The van der Waals surface area contributed by atoms with Gasteiger partial charge in [-0.2, -0.15) is 5.10 Å². The SMILES string of the molecule is O=C(Nc1ccc(OC(F)(F)F)cc1)c1ccc(F)c(-c2cc[nH]n2)c1. The standard InChI is InChI=1S/C17H11F4N3O2/c18-14-6-1-10(9-13(14)15-7-8-22-24-15)16(25)23-11-2-4-12(5-3-11)26-17(19,20)21/h1-9H,(H,22,24)(H,23,25). The minimum absolute atomic E-state index is 0.146. The number of halogens is 4. The van der Waals surface area contributed by atoms with Crippen molar-refractivity contribution in [2.45, 2.75) is 6.36 Å². The molecule has 0 unspecified atom stereocenters. The number of H-pyrrole nitrogens is 1. The summed E-state index contributed by atoms with van der Waals surface area (Å²) in [5, 5.41) is 8.94. The Bertz CT molecular complexity index is 907. The molecule has 0 radical (unpaired) electrons. The van der Waals surface area contributed by atoms with Gasteiger partial charge in [0, 0.05) is 23.0 Å². The van der Waals surface area contributed by atoms with Crippen LogP contribution in [-0.2, 0) is 0 Å². The van der Waals surface area contributed by atoms with Crippen LogP contribution in [0.4, 0.5) is 23.2 Å². The van der Waals surface area contributed by atoms with Crippen molar-refractivity contribution in [2.75, 3.05) is 5.32 Å². The highest BCUT2D eigenvalue weighted by Crippen LogP contribution is 2.25. The lowest BCUT2D eigenvalue weighted by Crippen LogP contribution is -2.17.